The van der Waals surface area contributed by atoms with E-state index in [1.54, 1.807) is 55.4 Å². The first-order chi connectivity index (χ1) is 54.6. The summed E-state index contributed by atoms with van der Waals surface area (Å²) >= 11 is 5.54. The van der Waals surface area contributed by atoms with Crippen molar-refractivity contribution in [2.45, 2.75) is 285 Å². The summed E-state index contributed by atoms with van der Waals surface area (Å²) in [5.41, 5.74) is 29.1. The number of hydrogen-bond donors (Lipinski definition) is 17. The van der Waals surface area contributed by atoms with Crippen LogP contribution in [0.25, 0.3) is 0 Å². The van der Waals surface area contributed by atoms with E-state index in [1.165, 1.54) is 32.5 Å². The predicted octanol–water partition coefficient (Wildman–Crippen LogP) is 1.89. The molecule has 1 rings (SSSR count). The number of amides is 9. The van der Waals surface area contributed by atoms with Gasteiger partial charge in [-0.1, -0.05) is 74.7 Å². The van der Waals surface area contributed by atoms with Crippen LogP contribution >= 0.6 is 24.4 Å². The van der Waals surface area contributed by atoms with Crippen LogP contribution in [0.5, 0.6) is 0 Å². The van der Waals surface area contributed by atoms with Crippen molar-refractivity contribution in [2.75, 3.05) is 50.5 Å². The summed E-state index contributed by atoms with van der Waals surface area (Å²) < 4.78 is 0. The molecule has 116 heavy (non-hydrogen) atoms. The maximum absolute atomic E-state index is 14.9. The smallest absolute Gasteiger partial charge is 0.326 e. The fourth-order valence-electron chi connectivity index (χ4n) is 14.3. The third-order valence-electron chi connectivity index (χ3n) is 21.4. The molecule has 35 heteroatoms. The van der Waals surface area contributed by atoms with Crippen molar-refractivity contribution in [3.8, 4) is 0 Å². The molecule has 1 fully saturated rings. The van der Waals surface area contributed by atoms with Crippen LogP contribution in [-0.2, 0) is 81.5 Å². The van der Waals surface area contributed by atoms with Gasteiger partial charge in [0, 0.05) is 86.7 Å². The number of carboxylic acid groups (broad SMARTS) is 1. The monoisotopic (exact) mass is 1680 g/mol. The van der Waals surface area contributed by atoms with Gasteiger partial charge in [-0.15, -0.1) is 0 Å². The van der Waals surface area contributed by atoms with E-state index in [4.69, 9.17) is 28.7 Å². The Morgan fingerprint density at radius 1 is 0.431 bits per heavy atom. The van der Waals surface area contributed by atoms with Crippen LogP contribution in [0.1, 0.15) is 230 Å². The fraction of sp³-hybridized carbons (Fsp3) is 0.790. The minimum atomic E-state index is -1.61. The van der Waals surface area contributed by atoms with Crippen LogP contribution in [0.2, 0.25) is 0 Å². The van der Waals surface area contributed by atoms with E-state index < -0.39 is 264 Å². The molecule has 0 aromatic carbocycles. The van der Waals surface area contributed by atoms with Gasteiger partial charge >= 0.3 is 5.97 Å². The molecule has 0 bridgehead atoms. The van der Waals surface area contributed by atoms with E-state index in [9.17, 15) is 96.8 Å². The van der Waals surface area contributed by atoms with Gasteiger partial charge in [0.1, 0.15) is 6.04 Å². The summed E-state index contributed by atoms with van der Waals surface area (Å²) in [5, 5.41) is 51.8. The number of unbranched alkanes of at least 4 members (excludes halogenated alkanes) is 4. The summed E-state index contributed by atoms with van der Waals surface area (Å²) in [4.78, 5) is 236. The second-order valence-electron chi connectivity index (χ2n) is 32.7. The highest BCUT2D eigenvalue weighted by Crippen LogP contribution is 2.35. The summed E-state index contributed by atoms with van der Waals surface area (Å²) in [7, 11) is 0. The second kappa shape index (κ2) is 57.1. The van der Waals surface area contributed by atoms with Crippen molar-refractivity contribution < 1.29 is 96.8 Å². The van der Waals surface area contributed by atoms with Crippen LogP contribution in [0, 0.1) is 71.0 Å². The molecule has 1 aliphatic carbocycles. The molecule has 0 aromatic rings. The van der Waals surface area contributed by atoms with Gasteiger partial charge in [0.05, 0.1) is 73.3 Å². The van der Waals surface area contributed by atoms with Crippen LogP contribution in [0.15, 0.2) is 0 Å². The third-order valence-corrected chi connectivity index (χ3v) is 22.4. The number of carbonyl (C=O) groups is 17. The number of primary amides is 1. The minimum absolute atomic E-state index is 0.0496. The van der Waals surface area contributed by atoms with Gasteiger partial charge < -0.3 is 86.5 Å². The highest BCUT2D eigenvalue weighted by atomic mass is 32.2. The lowest BCUT2D eigenvalue weighted by atomic mass is 9.83. The molecule has 662 valence electrons. The molecule has 33 nitrogen and oxygen atoms in total. The molecule has 0 saturated heterocycles. The van der Waals surface area contributed by atoms with Crippen LogP contribution < -0.4 is 71.2 Å². The topological polar surface area (TPSA) is 577 Å². The number of Topliss-reactive ketones (excluding diaryl/α,β-unsaturated/α-hetero) is 7. The van der Waals surface area contributed by atoms with Crippen molar-refractivity contribution in [1.82, 2.24) is 42.5 Å². The maximum atomic E-state index is 14.9. The van der Waals surface area contributed by atoms with Gasteiger partial charge in [-0.3, -0.25) is 76.7 Å². The standard InChI is InChI=1S/C81H141N13O20S2/c1-44(2)34-53(76(108)93-71(46(5)6)73(105)55-24-21-25-56(55)78(110)91-61(28-33-116-12)69(103)39-57(45(3)4)79(111)87-48(9)64(98)40-58(49(10)96)80(112)94-72(47(7)8)81(113)114)37-67(101)62(41-70(86)104)92-75(107)52(23-14-18-30-83)36-65(99)59(26-15-19-31-84)89-74(106)51(22-13-17-29-82)35-66(100)60(27-16-20-32-85)90-77(109)54(42-95)38-68(102)63(43-115)88-50(11)97/h44-49,51-63,71-72,95-96,115H,13-43,82-85H2,1-12H3,(H2,86,104)(H,87,111)(H,88,97)(H,89,106)(H,90,109)(H,91,110)(H,92,107)(H,93,108)(H,94,112)(H,113,114)/t48-,49+,51+,52+,53+,54-,55?,56+,57-,58-,59-,60-,61-,62-,63-,71-,72-/m0/s1. The average Bonchev–Trinajstić information content (AvgIpc) is 1.62. The molecule has 1 saturated carbocycles. The predicted molar refractivity (Wildman–Crippen MR) is 444 cm³/mol. The average molecular weight is 1680 g/mol. The van der Waals surface area contributed by atoms with E-state index in [-0.39, 0.29) is 95.6 Å². The molecule has 17 atom stereocenters. The minimum Gasteiger partial charge on any atom is -0.480 e. The fourth-order valence-corrected chi connectivity index (χ4v) is 15.1. The van der Waals surface area contributed by atoms with Crippen molar-refractivity contribution in [3.05, 3.63) is 0 Å². The number of aliphatic hydroxyl groups excluding tert-OH is 2. The Bertz CT molecular complexity index is 3220. The first-order valence-electron chi connectivity index (χ1n) is 41.4. The van der Waals surface area contributed by atoms with E-state index in [0.29, 0.717) is 63.5 Å². The Labute approximate surface area is 694 Å². The van der Waals surface area contributed by atoms with Gasteiger partial charge in [0.2, 0.25) is 53.2 Å². The van der Waals surface area contributed by atoms with Crippen LogP contribution in [0.3, 0.4) is 0 Å². The van der Waals surface area contributed by atoms with E-state index in [2.05, 4.69) is 55.2 Å². The van der Waals surface area contributed by atoms with Gasteiger partial charge in [-0.05, 0) is 166 Å². The molecule has 0 heterocycles. The lowest BCUT2D eigenvalue weighted by Crippen LogP contribution is -2.52. The number of aliphatic carboxylic acids is 1. The highest BCUT2D eigenvalue weighted by Gasteiger charge is 2.45. The quantitative estimate of drug-likeness (QED) is 0.0305. The molecular weight excluding hydrogens is 1540 g/mol. The summed E-state index contributed by atoms with van der Waals surface area (Å²) in [5.74, 6) is -22.4. The number of carbonyl (C=O) groups excluding carboxylic acids is 16. The molecular formula is C81H141N13O20S2. The molecule has 21 N–H and O–H groups in total. The Kier molecular flexibility index (Phi) is 52.6. The molecule has 0 aromatic heterocycles. The lowest BCUT2D eigenvalue weighted by Gasteiger charge is -2.30. The zero-order valence-corrected chi connectivity index (χ0v) is 72.3. The number of rotatable bonds is 65. The Morgan fingerprint density at radius 3 is 1.27 bits per heavy atom. The summed E-state index contributed by atoms with van der Waals surface area (Å²) in [6, 6.07) is -9.89. The van der Waals surface area contributed by atoms with Crippen molar-refractivity contribution >= 4 is 124 Å². The number of thioether (sulfide) groups is 1. The zero-order chi connectivity index (χ0) is 88.2. The second-order valence-corrected chi connectivity index (χ2v) is 34.0. The number of carboxylic acids is 1. The summed E-state index contributed by atoms with van der Waals surface area (Å²) in [6.07, 6.45) is 1.54. The number of aliphatic hydroxyl groups is 2. The molecule has 1 aliphatic rings. The number of nitrogens with two attached hydrogens (primary N) is 5. The number of nitrogens with one attached hydrogen (secondary N) is 8. The largest absolute Gasteiger partial charge is 0.480 e. The van der Waals surface area contributed by atoms with Crippen molar-refractivity contribution in [1.29, 1.82) is 0 Å². The van der Waals surface area contributed by atoms with Crippen LogP contribution in [0.4, 0.5) is 0 Å². The summed E-state index contributed by atoms with van der Waals surface area (Å²) in [6.45, 7) is 17.6. The zero-order valence-electron chi connectivity index (χ0n) is 70.6. The third kappa shape index (κ3) is 39.2. The normalized spacial score (nSPS) is 17.4. The van der Waals surface area contributed by atoms with Gasteiger partial charge in [0.25, 0.3) is 0 Å². The lowest BCUT2D eigenvalue weighted by molar-refractivity contribution is -0.145. The molecule has 0 radical (unpaired) electrons. The Morgan fingerprint density at radius 2 is 0.836 bits per heavy atom. The van der Waals surface area contributed by atoms with E-state index in [1.807, 2.05) is 6.26 Å². The molecule has 0 aliphatic heterocycles. The van der Waals surface area contributed by atoms with Crippen molar-refractivity contribution in [3.63, 3.8) is 0 Å². The van der Waals surface area contributed by atoms with Gasteiger partial charge in [0.15, 0.2) is 40.5 Å². The highest BCUT2D eigenvalue weighted by molar-refractivity contribution is 7.98. The molecule has 9 amide bonds. The van der Waals surface area contributed by atoms with Crippen LogP contribution in [-0.4, -0.2) is 220 Å². The SMILES string of the molecule is CSCC[C@H](NC(=O)[C@@H]1CCCC1C(=O)[C@@H](NC(=O)[C@@H](CC(=O)[C@H](CC(N)=O)NC(=O)[C@H](CCCCN)CC(=O)[C@H](CCCCN)NC(=O)[C@H](CCCCN)CC(=O)[C@H](CCCCN)NC(=O)[C@H](CO)CC(=O)[C@H](CS)NC(C)=O)CC(C)C)C(C)C)C(=O)C[C@H](C(=O)N[C@@H](C)C(=O)C[C@H](C(=O)N[C@H](C(=O)O)C(C)C)[C@@H](C)O)C(C)C. The van der Waals surface area contributed by atoms with Gasteiger partial charge in [-0.25, -0.2) is 4.79 Å². The number of hydrogen-bond acceptors (Lipinski definition) is 25. The number of thiol groups is 1. The maximum Gasteiger partial charge on any atom is 0.326 e. The van der Waals surface area contributed by atoms with Gasteiger partial charge in [-0.2, -0.15) is 24.4 Å². The Balaban J connectivity index is 3.61. The van der Waals surface area contributed by atoms with E-state index in [0.717, 1.165) is 0 Å². The first kappa shape index (κ1) is 107. The Hall–Kier alpha value is -7.15. The van der Waals surface area contributed by atoms with E-state index >= 15 is 0 Å². The molecule has 1 unspecified atom stereocenters. The molecule has 0 spiro atoms. The first-order valence-corrected chi connectivity index (χ1v) is 43.4. The number of ketones is 7. The van der Waals surface area contributed by atoms with Crippen molar-refractivity contribution in [2.24, 2.45) is 99.7 Å².